The third-order valence-electron chi connectivity index (χ3n) is 5.25. The van der Waals surface area contributed by atoms with E-state index in [-0.39, 0.29) is 33.0 Å². The highest BCUT2D eigenvalue weighted by Gasteiger charge is 2.36. The third-order valence-corrected chi connectivity index (χ3v) is 6.30. The van der Waals surface area contributed by atoms with Gasteiger partial charge >= 0.3 is 0 Å². The predicted molar refractivity (Wildman–Crippen MR) is 122 cm³/mol. The quantitative estimate of drug-likeness (QED) is 0.361. The molecule has 0 N–H and O–H groups in total. The monoisotopic (exact) mass is 483 g/mol. The molecule has 6 nitrogen and oxygen atoms in total. The molecule has 0 radical (unpaired) electrons. The van der Waals surface area contributed by atoms with Gasteiger partial charge in [0.05, 0.1) is 49.3 Å². The van der Waals surface area contributed by atoms with E-state index in [2.05, 4.69) is 4.98 Å². The van der Waals surface area contributed by atoms with E-state index in [1.165, 1.54) is 16.7 Å². The maximum atomic E-state index is 13.5. The molecule has 0 bridgehead atoms. The Labute approximate surface area is 196 Å². The fourth-order valence-electron chi connectivity index (χ4n) is 3.73. The molecule has 0 aliphatic carbocycles. The maximum absolute atomic E-state index is 13.5. The largest absolute Gasteiger partial charge is 0.269 e. The lowest BCUT2D eigenvalue weighted by Crippen LogP contribution is -2.31. The van der Waals surface area contributed by atoms with Crippen LogP contribution in [-0.2, 0) is 6.54 Å². The Morgan fingerprint density at radius 3 is 2.06 bits per heavy atom. The Bertz CT molecular complexity index is 1430. The highest BCUT2D eigenvalue weighted by Crippen LogP contribution is 2.31. The van der Waals surface area contributed by atoms with Crippen molar-refractivity contribution in [2.75, 3.05) is 0 Å². The minimum absolute atomic E-state index is 0.178. The first-order valence-electron chi connectivity index (χ1n) is 9.47. The van der Waals surface area contributed by atoms with Crippen LogP contribution >= 0.6 is 34.8 Å². The molecule has 1 aliphatic rings. The van der Waals surface area contributed by atoms with Gasteiger partial charge in [0.15, 0.2) is 0 Å². The molecule has 0 saturated heterocycles. The van der Waals surface area contributed by atoms with Crippen molar-refractivity contribution in [1.82, 2.24) is 14.5 Å². The van der Waals surface area contributed by atoms with E-state index >= 15 is 0 Å². The molecule has 1 aliphatic heterocycles. The van der Waals surface area contributed by atoms with Crippen LogP contribution in [0.2, 0.25) is 15.1 Å². The molecule has 0 unspecified atom stereocenters. The zero-order valence-electron chi connectivity index (χ0n) is 16.2. The van der Waals surface area contributed by atoms with Crippen LogP contribution in [-0.4, -0.2) is 32.2 Å². The predicted octanol–water partition coefficient (Wildman–Crippen LogP) is 5.48. The van der Waals surface area contributed by atoms with Gasteiger partial charge in [-0.1, -0.05) is 59.1 Å². The minimum atomic E-state index is -0.469. The molecule has 158 valence electrons. The average molecular weight is 485 g/mol. The zero-order valence-corrected chi connectivity index (χ0v) is 18.4. The topological polar surface area (TPSA) is 72.3 Å². The fourth-order valence-corrected chi connectivity index (χ4v) is 4.27. The summed E-state index contributed by atoms with van der Waals surface area (Å²) in [5.74, 6) is -1.20. The van der Waals surface area contributed by atoms with Gasteiger partial charge in [0, 0.05) is 0 Å². The van der Waals surface area contributed by atoms with E-state index in [4.69, 9.17) is 34.8 Å². The number of carbonyl (C=O) groups excluding carboxylic acids is 3. The number of imide groups is 1. The number of benzene rings is 3. The summed E-state index contributed by atoms with van der Waals surface area (Å²) in [5, 5.41) is 0.756. The number of fused-ring (bicyclic) bond motifs is 2. The highest BCUT2D eigenvalue weighted by molar-refractivity contribution is 6.42. The molecule has 0 atom stereocenters. The first-order valence-corrected chi connectivity index (χ1v) is 10.6. The van der Waals surface area contributed by atoms with Crippen LogP contribution in [0.25, 0.3) is 11.0 Å². The van der Waals surface area contributed by atoms with Gasteiger partial charge in [-0.3, -0.25) is 23.9 Å². The van der Waals surface area contributed by atoms with Gasteiger partial charge < -0.3 is 0 Å². The van der Waals surface area contributed by atoms with Crippen LogP contribution < -0.4 is 0 Å². The molecule has 3 aromatic carbocycles. The molecule has 0 saturated carbocycles. The molecule has 0 fully saturated rings. The van der Waals surface area contributed by atoms with E-state index in [1.807, 2.05) is 0 Å². The molecule has 32 heavy (non-hydrogen) atoms. The highest BCUT2D eigenvalue weighted by atomic mass is 35.5. The lowest BCUT2D eigenvalue weighted by Gasteiger charge is -2.15. The Hall–Kier alpha value is -3.19. The number of rotatable bonds is 3. The van der Waals surface area contributed by atoms with Crippen molar-refractivity contribution in [3.63, 3.8) is 0 Å². The van der Waals surface area contributed by atoms with Crippen LogP contribution in [0, 0.1) is 0 Å². The molecule has 9 heteroatoms. The summed E-state index contributed by atoms with van der Waals surface area (Å²) in [6.07, 6.45) is 0. The van der Waals surface area contributed by atoms with Gasteiger partial charge in [-0.15, -0.1) is 0 Å². The van der Waals surface area contributed by atoms with Gasteiger partial charge in [0.25, 0.3) is 17.7 Å². The molecular formula is C23H12Cl3N3O3. The van der Waals surface area contributed by atoms with Crippen molar-refractivity contribution in [3.05, 3.63) is 98.2 Å². The molecule has 4 aromatic rings. The Morgan fingerprint density at radius 1 is 0.812 bits per heavy atom. The summed E-state index contributed by atoms with van der Waals surface area (Å²) in [4.78, 5) is 44.8. The van der Waals surface area contributed by atoms with E-state index in [0.717, 1.165) is 4.90 Å². The Morgan fingerprint density at radius 2 is 1.41 bits per heavy atom. The maximum Gasteiger partial charge on any atom is 0.265 e. The smallest absolute Gasteiger partial charge is 0.265 e. The first-order chi connectivity index (χ1) is 15.4. The van der Waals surface area contributed by atoms with Crippen molar-refractivity contribution in [3.8, 4) is 0 Å². The second kappa shape index (κ2) is 7.74. The minimum Gasteiger partial charge on any atom is -0.269 e. The summed E-state index contributed by atoms with van der Waals surface area (Å²) >= 11 is 18.6. The number of halogens is 3. The molecular weight excluding hydrogens is 473 g/mol. The van der Waals surface area contributed by atoms with Crippen LogP contribution in [0.15, 0.2) is 60.7 Å². The van der Waals surface area contributed by atoms with Crippen LogP contribution in [0.5, 0.6) is 0 Å². The second-order valence-electron chi connectivity index (χ2n) is 7.15. The lowest BCUT2D eigenvalue weighted by molar-refractivity contribution is 0.0633. The lowest BCUT2D eigenvalue weighted by atomic mass is 10.1. The van der Waals surface area contributed by atoms with E-state index < -0.39 is 17.7 Å². The second-order valence-corrected chi connectivity index (χ2v) is 8.37. The normalized spacial score (nSPS) is 13.2. The van der Waals surface area contributed by atoms with Gasteiger partial charge in [-0.2, -0.15) is 0 Å². The standard InChI is InChI=1S/C23H12Cl3N3O3/c24-15-8-4-3-7-14(15)23(32)29-19-10-17(26)16(25)9-18(19)27-20(29)11-28-21(30)12-5-1-2-6-13(12)22(28)31/h1-10H,11H2. The molecule has 2 heterocycles. The molecule has 0 spiro atoms. The van der Waals surface area contributed by atoms with Crippen LogP contribution in [0.4, 0.5) is 0 Å². The van der Waals surface area contributed by atoms with E-state index in [1.54, 1.807) is 48.5 Å². The number of hydrogen-bond acceptors (Lipinski definition) is 4. The van der Waals surface area contributed by atoms with Gasteiger partial charge in [0.1, 0.15) is 5.82 Å². The van der Waals surface area contributed by atoms with Crippen molar-refractivity contribution < 1.29 is 14.4 Å². The van der Waals surface area contributed by atoms with Crippen LogP contribution in [0.1, 0.15) is 36.9 Å². The number of imidazole rings is 1. The van der Waals surface area contributed by atoms with E-state index in [9.17, 15) is 14.4 Å². The van der Waals surface area contributed by atoms with Crippen molar-refractivity contribution >= 4 is 63.6 Å². The van der Waals surface area contributed by atoms with Gasteiger partial charge in [-0.05, 0) is 36.4 Å². The summed E-state index contributed by atoms with van der Waals surface area (Å²) in [7, 11) is 0. The summed E-state index contributed by atoms with van der Waals surface area (Å²) in [5.41, 5.74) is 1.64. The zero-order chi connectivity index (χ0) is 22.6. The summed E-state index contributed by atoms with van der Waals surface area (Å²) in [6.45, 7) is -0.216. The number of amides is 2. The van der Waals surface area contributed by atoms with Gasteiger partial charge in [-0.25, -0.2) is 4.98 Å². The number of nitrogens with zero attached hydrogens (tertiary/aromatic N) is 3. The van der Waals surface area contributed by atoms with Crippen molar-refractivity contribution in [1.29, 1.82) is 0 Å². The Balaban J connectivity index is 1.66. The Kier molecular flexibility index (Phi) is 5.01. The van der Waals surface area contributed by atoms with Crippen LogP contribution in [0.3, 0.4) is 0 Å². The average Bonchev–Trinajstić information content (AvgIpc) is 3.24. The number of carbonyl (C=O) groups is 3. The number of hydrogen-bond donors (Lipinski definition) is 0. The third kappa shape index (κ3) is 3.19. The van der Waals surface area contributed by atoms with Crippen molar-refractivity contribution in [2.24, 2.45) is 0 Å². The summed E-state index contributed by atoms with van der Waals surface area (Å²) < 4.78 is 1.31. The SMILES string of the molecule is O=C1c2ccccc2C(=O)N1Cc1nc2cc(Cl)c(Cl)cc2n1C(=O)c1ccccc1Cl. The number of aromatic nitrogens is 2. The molecule has 5 rings (SSSR count). The molecule has 2 amide bonds. The van der Waals surface area contributed by atoms with Crippen molar-refractivity contribution in [2.45, 2.75) is 6.54 Å². The molecule has 1 aromatic heterocycles. The van der Waals surface area contributed by atoms with E-state index in [0.29, 0.717) is 22.2 Å². The van der Waals surface area contributed by atoms with Gasteiger partial charge in [0.2, 0.25) is 0 Å². The fraction of sp³-hybridized carbons (Fsp3) is 0.0435. The first kappa shape index (κ1) is 20.7. The summed E-state index contributed by atoms with van der Waals surface area (Å²) in [6, 6.07) is 16.2.